The van der Waals surface area contributed by atoms with Gasteiger partial charge >= 0.3 is 11.3 Å². The highest BCUT2D eigenvalue weighted by molar-refractivity contribution is 5.87. The predicted molar refractivity (Wildman–Crippen MR) is 227 cm³/mol. The van der Waals surface area contributed by atoms with Crippen molar-refractivity contribution in [2.75, 3.05) is 38.2 Å². The van der Waals surface area contributed by atoms with Crippen molar-refractivity contribution in [1.82, 2.24) is 0 Å². The molecule has 0 spiro atoms. The van der Waals surface area contributed by atoms with Gasteiger partial charge in [0.25, 0.3) is 0 Å². The zero-order valence-corrected chi connectivity index (χ0v) is 32.2. The smallest absolute Gasteiger partial charge is 0.344 e. The van der Waals surface area contributed by atoms with Crippen molar-refractivity contribution in [2.24, 2.45) is 0 Å². The zero-order valence-electron chi connectivity index (χ0n) is 32.2. The molecule has 2 heterocycles. The van der Waals surface area contributed by atoms with Crippen molar-refractivity contribution in [3.63, 3.8) is 0 Å². The lowest BCUT2D eigenvalue weighted by Crippen LogP contribution is -2.10. The fourth-order valence-corrected chi connectivity index (χ4v) is 6.78. The lowest BCUT2D eigenvalue weighted by Gasteiger charge is -2.26. The molecule has 0 radical (unpaired) electrons. The van der Waals surface area contributed by atoms with Gasteiger partial charge < -0.3 is 37.6 Å². The SMILES string of the molecule is COc1ccc(N(c2ccc(OC)cc2)c2ccc(-c3cc4c(=O)oc(-c5ccc(N(c6ccc(OC)cc6)c6ccc(OC)cc6)cc5)cc4c(=O)o3)cc2)cc1. The van der Waals surface area contributed by atoms with Gasteiger partial charge in [-0.1, -0.05) is 0 Å². The Morgan fingerprint density at radius 2 is 0.569 bits per heavy atom. The molecule has 10 heteroatoms. The van der Waals surface area contributed by atoms with Crippen molar-refractivity contribution in [3.8, 4) is 45.6 Å². The second-order valence-corrected chi connectivity index (χ2v) is 13.2. The molecule has 288 valence electrons. The minimum Gasteiger partial charge on any atom is -0.497 e. The normalized spacial score (nSPS) is 10.9. The molecule has 0 saturated carbocycles. The maximum absolute atomic E-state index is 13.5. The van der Waals surface area contributed by atoms with Crippen LogP contribution in [0.25, 0.3) is 33.4 Å². The lowest BCUT2D eigenvalue weighted by atomic mass is 10.1. The van der Waals surface area contributed by atoms with Gasteiger partial charge in [0.05, 0.1) is 39.2 Å². The fourth-order valence-electron chi connectivity index (χ4n) is 6.78. The summed E-state index contributed by atoms with van der Waals surface area (Å²) >= 11 is 0. The molecule has 0 aliphatic heterocycles. The summed E-state index contributed by atoms with van der Waals surface area (Å²) in [7, 11) is 6.52. The second-order valence-electron chi connectivity index (χ2n) is 13.2. The fraction of sp³-hybridized carbons (Fsp3) is 0.0833. The molecule has 0 unspecified atom stereocenters. The van der Waals surface area contributed by atoms with E-state index in [0.29, 0.717) is 11.1 Å². The van der Waals surface area contributed by atoms with Gasteiger partial charge in [0.2, 0.25) is 0 Å². The summed E-state index contributed by atoms with van der Waals surface area (Å²) in [5.74, 6) is 3.46. The number of methoxy groups -OCH3 is 4. The Kier molecular flexibility index (Phi) is 10.4. The molecule has 6 aromatic carbocycles. The van der Waals surface area contributed by atoms with Crippen LogP contribution in [0.2, 0.25) is 0 Å². The molecule has 58 heavy (non-hydrogen) atoms. The van der Waals surface area contributed by atoms with Gasteiger partial charge in [-0.25, -0.2) is 9.59 Å². The van der Waals surface area contributed by atoms with Crippen LogP contribution in [0.1, 0.15) is 0 Å². The van der Waals surface area contributed by atoms with Gasteiger partial charge in [-0.15, -0.1) is 0 Å². The average molecular weight is 771 g/mol. The molecule has 2 aromatic heterocycles. The Morgan fingerprint density at radius 3 is 0.793 bits per heavy atom. The molecule has 0 aliphatic carbocycles. The summed E-state index contributed by atoms with van der Waals surface area (Å²) in [4.78, 5) is 31.2. The molecule has 0 aliphatic rings. The summed E-state index contributed by atoms with van der Waals surface area (Å²) in [6, 6.07) is 49.2. The molecule has 0 saturated heterocycles. The van der Waals surface area contributed by atoms with E-state index >= 15 is 0 Å². The van der Waals surface area contributed by atoms with E-state index in [1.807, 2.05) is 146 Å². The van der Waals surface area contributed by atoms with E-state index in [1.165, 1.54) is 0 Å². The van der Waals surface area contributed by atoms with Crippen LogP contribution < -0.4 is 40.0 Å². The highest BCUT2D eigenvalue weighted by Gasteiger charge is 2.18. The third-order valence-electron chi connectivity index (χ3n) is 9.83. The molecule has 0 amide bonds. The molecule has 8 aromatic rings. The number of fused-ring (bicyclic) bond motifs is 1. The van der Waals surface area contributed by atoms with E-state index in [1.54, 1.807) is 40.6 Å². The van der Waals surface area contributed by atoms with Crippen LogP contribution >= 0.6 is 0 Å². The summed E-state index contributed by atoms with van der Waals surface area (Å²) < 4.78 is 33.2. The zero-order chi connectivity index (χ0) is 40.2. The van der Waals surface area contributed by atoms with Crippen molar-refractivity contribution in [2.45, 2.75) is 0 Å². The molecule has 0 fully saturated rings. The number of benzene rings is 6. The molecular formula is C48H38N2O8. The van der Waals surface area contributed by atoms with Crippen LogP contribution in [0.4, 0.5) is 34.1 Å². The number of nitrogens with zero attached hydrogens (tertiary/aromatic N) is 2. The third-order valence-corrected chi connectivity index (χ3v) is 9.83. The average Bonchev–Trinajstić information content (AvgIpc) is 3.28. The quantitative estimate of drug-likeness (QED) is 0.119. The van der Waals surface area contributed by atoms with E-state index in [0.717, 1.165) is 57.1 Å². The highest BCUT2D eigenvalue weighted by Crippen LogP contribution is 2.39. The Labute approximate surface area is 334 Å². The van der Waals surface area contributed by atoms with Gasteiger partial charge in [-0.05, 0) is 158 Å². The van der Waals surface area contributed by atoms with Gasteiger partial charge in [0.1, 0.15) is 34.5 Å². The van der Waals surface area contributed by atoms with Crippen LogP contribution in [0.3, 0.4) is 0 Å². The van der Waals surface area contributed by atoms with Crippen molar-refractivity contribution < 1.29 is 27.8 Å². The van der Waals surface area contributed by atoms with E-state index in [4.69, 9.17) is 27.8 Å². The van der Waals surface area contributed by atoms with Gasteiger partial charge in [-0.3, -0.25) is 0 Å². The first-order valence-electron chi connectivity index (χ1n) is 18.3. The van der Waals surface area contributed by atoms with Gasteiger partial charge in [0, 0.05) is 45.3 Å². The maximum atomic E-state index is 13.5. The second kappa shape index (κ2) is 16.2. The Balaban J connectivity index is 1.09. The summed E-state index contributed by atoms with van der Waals surface area (Å²) in [5.41, 5.74) is 5.28. The van der Waals surface area contributed by atoms with E-state index in [9.17, 15) is 9.59 Å². The third kappa shape index (κ3) is 7.46. The summed E-state index contributed by atoms with van der Waals surface area (Å²) in [6.07, 6.45) is 0. The first-order valence-corrected chi connectivity index (χ1v) is 18.3. The van der Waals surface area contributed by atoms with Crippen LogP contribution in [-0.4, -0.2) is 28.4 Å². The van der Waals surface area contributed by atoms with E-state index < -0.39 is 11.3 Å². The van der Waals surface area contributed by atoms with Crippen molar-refractivity contribution in [3.05, 3.63) is 179 Å². The Morgan fingerprint density at radius 1 is 0.345 bits per heavy atom. The first-order chi connectivity index (χ1) is 28.3. The van der Waals surface area contributed by atoms with Gasteiger partial charge in [0.15, 0.2) is 0 Å². The van der Waals surface area contributed by atoms with Crippen LogP contribution in [-0.2, 0) is 0 Å². The Hall–Kier alpha value is -7.72. The molecular weight excluding hydrogens is 733 g/mol. The lowest BCUT2D eigenvalue weighted by molar-refractivity contribution is 0.414. The molecule has 0 atom stereocenters. The maximum Gasteiger partial charge on any atom is 0.344 e. The highest BCUT2D eigenvalue weighted by atomic mass is 16.5. The summed E-state index contributed by atoms with van der Waals surface area (Å²) in [5, 5.41) is 0.248. The predicted octanol–water partition coefficient (Wildman–Crippen LogP) is 11.1. The number of rotatable bonds is 12. The van der Waals surface area contributed by atoms with Crippen LogP contribution in [0.15, 0.2) is 176 Å². The van der Waals surface area contributed by atoms with Gasteiger partial charge in [-0.2, -0.15) is 0 Å². The topological polar surface area (TPSA) is 104 Å². The van der Waals surface area contributed by atoms with Crippen molar-refractivity contribution >= 4 is 44.9 Å². The van der Waals surface area contributed by atoms with Crippen molar-refractivity contribution in [1.29, 1.82) is 0 Å². The molecule has 10 nitrogen and oxygen atoms in total. The minimum atomic E-state index is -0.648. The number of hydrogen-bond acceptors (Lipinski definition) is 10. The van der Waals surface area contributed by atoms with Crippen LogP contribution in [0.5, 0.6) is 23.0 Å². The molecule has 8 rings (SSSR count). The molecule has 0 bridgehead atoms. The monoisotopic (exact) mass is 770 g/mol. The molecule has 0 N–H and O–H groups in total. The Bertz CT molecular complexity index is 2490. The number of ether oxygens (including phenoxy) is 4. The standard InChI is InChI=1S/C48H38N2O8/c1-53-39-21-13-35(14-22-39)49(36-15-23-40(54-2)24-16-36)33-9-5-31(6-10-33)45-29-43-44(47(51)57-45)30-46(58-48(43)52)32-7-11-34(12-8-32)50(37-17-25-41(55-3)26-18-37)38-19-27-42(56-4)28-20-38/h5-30H,1-4H3. The minimum absolute atomic E-state index is 0.124. The van der Waals surface area contributed by atoms with Crippen LogP contribution in [0, 0.1) is 0 Å². The summed E-state index contributed by atoms with van der Waals surface area (Å²) in [6.45, 7) is 0. The number of anilines is 6. The largest absolute Gasteiger partial charge is 0.497 e. The number of hydrogen-bond donors (Lipinski definition) is 0. The first kappa shape index (κ1) is 37.2. The van der Waals surface area contributed by atoms with E-state index in [2.05, 4.69) is 9.80 Å². The van der Waals surface area contributed by atoms with E-state index in [-0.39, 0.29) is 22.3 Å².